The van der Waals surface area contributed by atoms with Gasteiger partial charge in [0.15, 0.2) is 11.5 Å². The molecule has 1 aromatic rings. The summed E-state index contributed by atoms with van der Waals surface area (Å²) in [7, 11) is 2.39. The molecule has 1 aliphatic heterocycles. The van der Waals surface area contributed by atoms with Crippen molar-refractivity contribution >= 4 is 17.6 Å². The molecule has 0 amide bonds. The maximum Gasteiger partial charge on any atom is 0.355 e. The number of carbonyl (C=O) groups excluding carboxylic acids is 2. The highest BCUT2D eigenvalue weighted by atomic mass is 16.5. The van der Waals surface area contributed by atoms with Crippen LogP contribution in [0.2, 0.25) is 0 Å². The first-order valence-corrected chi connectivity index (χ1v) is 6.56. The molecular weight excluding hydrogens is 302 g/mol. The van der Waals surface area contributed by atoms with Crippen LogP contribution in [0.5, 0.6) is 11.5 Å². The molecular formula is C16H15NO6. The second-order valence-corrected chi connectivity index (χ2v) is 4.49. The van der Waals surface area contributed by atoms with E-state index in [1.165, 1.54) is 49.6 Å². The molecule has 23 heavy (non-hydrogen) atoms. The van der Waals surface area contributed by atoms with Gasteiger partial charge in [0.05, 0.1) is 19.8 Å². The Bertz CT molecular complexity index is 732. The first-order chi connectivity index (χ1) is 11.0. The predicted octanol–water partition coefficient (Wildman–Crippen LogP) is 1.59. The van der Waals surface area contributed by atoms with Gasteiger partial charge in [-0.15, -0.1) is 0 Å². The van der Waals surface area contributed by atoms with Crippen LogP contribution in [0.15, 0.2) is 53.9 Å². The number of phenolic OH excluding ortho intramolecular Hbond substituents is 2. The lowest BCUT2D eigenvalue weighted by atomic mass is 10.1. The molecule has 0 aliphatic carbocycles. The highest BCUT2D eigenvalue weighted by Gasteiger charge is 2.27. The number of benzene rings is 1. The van der Waals surface area contributed by atoms with E-state index >= 15 is 0 Å². The summed E-state index contributed by atoms with van der Waals surface area (Å²) in [5, 5.41) is 19.1. The Morgan fingerprint density at radius 2 is 1.70 bits per heavy atom. The number of methoxy groups -OCH3 is 2. The number of anilines is 1. The maximum absolute atomic E-state index is 12.2. The SMILES string of the molecule is COC(=O)C1=C(C(=O)OC)N(c2ccc(O)c(O)c2)C=CC=C1. The molecule has 120 valence electrons. The Hall–Kier alpha value is -3.22. The predicted molar refractivity (Wildman–Crippen MR) is 81.6 cm³/mol. The molecule has 0 unspecified atom stereocenters. The molecule has 7 nitrogen and oxygen atoms in total. The zero-order valence-electron chi connectivity index (χ0n) is 12.5. The van der Waals surface area contributed by atoms with E-state index in [-0.39, 0.29) is 22.8 Å². The van der Waals surface area contributed by atoms with Crippen LogP contribution in [0.25, 0.3) is 0 Å². The number of hydrogen-bond acceptors (Lipinski definition) is 7. The van der Waals surface area contributed by atoms with Crippen LogP contribution in [-0.4, -0.2) is 36.4 Å². The number of allylic oxidation sites excluding steroid dienone is 2. The van der Waals surface area contributed by atoms with Gasteiger partial charge in [-0.25, -0.2) is 9.59 Å². The molecule has 1 heterocycles. The third-order valence-electron chi connectivity index (χ3n) is 3.13. The Morgan fingerprint density at radius 3 is 2.30 bits per heavy atom. The van der Waals surface area contributed by atoms with Gasteiger partial charge >= 0.3 is 11.9 Å². The van der Waals surface area contributed by atoms with Crippen LogP contribution in [0, 0.1) is 0 Å². The second kappa shape index (κ2) is 6.69. The van der Waals surface area contributed by atoms with E-state index in [1.54, 1.807) is 12.2 Å². The van der Waals surface area contributed by atoms with E-state index in [2.05, 4.69) is 0 Å². The Labute approximate surface area is 132 Å². The van der Waals surface area contributed by atoms with E-state index in [4.69, 9.17) is 9.47 Å². The molecule has 0 spiro atoms. The minimum absolute atomic E-state index is 0.00286. The van der Waals surface area contributed by atoms with E-state index in [9.17, 15) is 19.8 Å². The molecule has 2 rings (SSSR count). The van der Waals surface area contributed by atoms with Crippen molar-refractivity contribution in [1.82, 2.24) is 0 Å². The largest absolute Gasteiger partial charge is 0.504 e. The monoisotopic (exact) mass is 317 g/mol. The average Bonchev–Trinajstić information content (AvgIpc) is 2.78. The smallest absolute Gasteiger partial charge is 0.355 e. The highest BCUT2D eigenvalue weighted by Crippen LogP contribution is 2.33. The minimum Gasteiger partial charge on any atom is -0.504 e. The first kappa shape index (κ1) is 16.2. The molecule has 0 aromatic heterocycles. The van der Waals surface area contributed by atoms with Crippen LogP contribution in [0.1, 0.15) is 0 Å². The van der Waals surface area contributed by atoms with Gasteiger partial charge < -0.3 is 24.6 Å². The quantitative estimate of drug-likeness (QED) is 0.645. The molecule has 0 atom stereocenters. The van der Waals surface area contributed by atoms with Gasteiger partial charge in [-0.2, -0.15) is 0 Å². The fourth-order valence-electron chi connectivity index (χ4n) is 2.03. The molecule has 2 N–H and O–H groups in total. The number of phenols is 2. The van der Waals surface area contributed by atoms with Crippen LogP contribution in [0.3, 0.4) is 0 Å². The minimum atomic E-state index is -0.755. The zero-order chi connectivity index (χ0) is 17.0. The van der Waals surface area contributed by atoms with Crippen molar-refractivity contribution in [2.45, 2.75) is 0 Å². The molecule has 0 bridgehead atoms. The number of hydrogen-bond donors (Lipinski definition) is 2. The summed E-state index contributed by atoms with van der Waals surface area (Å²) < 4.78 is 9.45. The van der Waals surface area contributed by atoms with Crippen molar-refractivity contribution in [2.24, 2.45) is 0 Å². The Balaban J connectivity index is 2.65. The van der Waals surface area contributed by atoms with Crippen LogP contribution >= 0.6 is 0 Å². The van der Waals surface area contributed by atoms with Crippen LogP contribution in [-0.2, 0) is 19.1 Å². The van der Waals surface area contributed by atoms with Crippen molar-refractivity contribution < 1.29 is 29.3 Å². The fraction of sp³-hybridized carbons (Fsp3) is 0.125. The second-order valence-electron chi connectivity index (χ2n) is 4.49. The van der Waals surface area contributed by atoms with Crippen LogP contribution < -0.4 is 4.90 Å². The van der Waals surface area contributed by atoms with E-state index in [0.29, 0.717) is 5.69 Å². The average molecular weight is 317 g/mol. The highest BCUT2D eigenvalue weighted by molar-refractivity contribution is 6.05. The molecule has 7 heteroatoms. The lowest BCUT2D eigenvalue weighted by Gasteiger charge is -2.23. The summed E-state index contributed by atoms with van der Waals surface area (Å²) in [6, 6.07) is 3.99. The summed E-state index contributed by atoms with van der Waals surface area (Å²) in [6.07, 6.45) is 6.11. The number of aromatic hydroxyl groups is 2. The summed E-state index contributed by atoms with van der Waals surface area (Å²) in [6.45, 7) is 0. The molecule has 0 radical (unpaired) electrons. The van der Waals surface area contributed by atoms with Gasteiger partial charge in [-0.05, 0) is 24.3 Å². The van der Waals surface area contributed by atoms with Crippen molar-refractivity contribution in [3.63, 3.8) is 0 Å². The van der Waals surface area contributed by atoms with E-state index in [0.717, 1.165) is 0 Å². The lowest BCUT2D eigenvalue weighted by molar-refractivity contribution is -0.139. The third-order valence-corrected chi connectivity index (χ3v) is 3.13. The van der Waals surface area contributed by atoms with Crippen molar-refractivity contribution in [2.75, 3.05) is 19.1 Å². The Morgan fingerprint density at radius 1 is 1.00 bits per heavy atom. The first-order valence-electron chi connectivity index (χ1n) is 6.56. The van der Waals surface area contributed by atoms with Gasteiger partial charge in [-0.1, -0.05) is 6.08 Å². The number of carbonyl (C=O) groups is 2. The summed E-state index contributed by atoms with van der Waals surface area (Å²) in [5.41, 5.74) is 0.272. The lowest BCUT2D eigenvalue weighted by Crippen LogP contribution is -2.26. The topological polar surface area (TPSA) is 96.3 Å². The van der Waals surface area contributed by atoms with Gasteiger partial charge in [-0.3, -0.25) is 0 Å². The maximum atomic E-state index is 12.2. The normalized spacial score (nSPS) is 13.7. The van der Waals surface area contributed by atoms with Crippen molar-refractivity contribution in [1.29, 1.82) is 0 Å². The fourth-order valence-corrected chi connectivity index (χ4v) is 2.03. The number of nitrogens with zero attached hydrogens (tertiary/aromatic N) is 1. The zero-order valence-corrected chi connectivity index (χ0v) is 12.5. The summed E-state index contributed by atoms with van der Waals surface area (Å²) in [5.74, 6) is -2.13. The summed E-state index contributed by atoms with van der Waals surface area (Å²) >= 11 is 0. The molecule has 0 saturated heterocycles. The van der Waals surface area contributed by atoms with Crippen molar-refractivity contribution in [3.05, 3.63) is 53.9 Å². The third kappa shape index (κ3) is 3.18. The van der Waals surface area contributed by atoms with Crippen molar-refractivity contribution in [3.8, 4) is 11.5 Å². The number of rotatable bonds is 3. The van der Waals surface area contributed by atoms with E-state index < -0.39 is 11.9 Å². The van der Waals surface area contributed by atoms with Gasteiger partial charge in [0.2, 0.25) is 0 Å². The molecule has 1 aliphatic rings. The van der Waals surface area contributed by atoms with Gasteiger partial charge in [0, 0.05) is 18.0 Å². The molecule has 0 fully saturated rings. The number of esters is 2. The van der Waals surface area contributed by atoms with Crippen LogP contribution in [0.4, 0.5) is 5.69 Å². The summed E-state index contributed by atoms with van der Waals surface area (Å²) in [4.78, 5) is 25.5. The molecule has 1 aromatic carbocycles. The number of ether oxygens (including phenoxy) is 2. The van der Waals surface area contributed by atoms with Gasteiger partial charge in [0.25, 0.3) is 0 Å². The standard InChI is InChI=1S/C16H15NO6/c1-22-15(20)11-5-3-4-8-17(14(11)16(21)23-2)10-6-7-12(18)13(19)9-10/h3-9,18-19H,1-2H3. The van der Waals surface area contributed by atoms with E-state index in [1.807, 2.05) is 0 Å². The Kier molecular flexibility index (Phi) is 4.70. The van der Waals surface area contributed by atoms with Gasteiger partial charge in [0.1, 0.15) is 5.70 Å². The molecule has 0 saturated carbocycles.